The van der Waals surface area contributed by atoms with Gasteiger partial charge in [0, 0.05) is 5.56 Å². The Kier molecular flexibility index (Phi) is 5.12. The minimum atomic E-state index is -2.15. The summed E-state index contributed by atoms with van der Waals surface area (Å²) in [6, 6.07) is 10.8. The van der Waals surface area contributed by atoms with Gasteiger partial charge in [-0.05, 0) is 29.7 Å². The number of nitrogens with zero attached hydrogens (tertiary/aromatic N) is 1. The minimum Gasteiger partial charge on any atom is -0.390 e. The molecule has 4 nitrogen and oxygen atoms in total. The van der Waals surface area contributed by atoms with E-state index >= 15 is 0 Å². The molecular formula is C15H15ClN2O2S. The summed E-state index contributed by atoms with van der Waals surface area (Å²) in [5.74, 6) is 0. The van der Waals surface area contributed by atoms with Crippen LogP contribution in [0.1, 0.15) is 12.5 Å². The van der Waals surface area contributed by atoms with E-state index in [4.69, 9.17) is 17.3 Å². The Balaban J connectivity index is 2.61. The van der Waals surface area contributed by atoms with Crippen LogP contribution in [0.25, 0.3) is 11.1 Å². The van der Waals surface area contributed by atoms with Crippen LogP contribution in [0, 0.1) is 0 Å². The fourth-order valence-electron chi connectivity index (χ4n) is 2.08. The maximum Gasteiger partial charge on any atom is 0.188 e. The second-order valence-corrected chi connectivity index (χ2v) is 5.66. The van der Waals surface area contributed by atoms with Gasteiger partial charge in [0.1, 0.15) is 0 Å². The first-order valence-electron chi connectivity index (χ1n) is 6.35. The highest BCUT2D eigenvalue weighted by atomic mass is 35.5. The summed E-state index contributed by atoms with van der Waals surface area (Å²) in [4.78, 5) is 4.09. The van der Waals surface area contributed by atoms with E-state index in [1.165, 1.54) is 0 Å². The van der Waals surface area contributed by atoms with E-state index in [0.29, 0.717) is 10.7 Å². The zero-order valence-corrected chi connectivity index (χ0v) is 13.0. The predicted octanol–water partition coefficient (Wildman–Crippen LogP) is 3.77. The van der Waals surface area contributed by atoms with Crippen LogP contribution in [-0.4, -0.2) is 15.1 Å². The Hall–Kier alpha value is -1.69. The fourth-order valence-corrected chi connectivity index (χ4v) is 2.98. The topological polar surface area (TPSA) is 75.7 Å². The molecule has 0 heterocycles. The quantitative estimate of drug-likeness (QED) is 0.511. The van der Waals surface area contributed by atoms with Gasteiger partial charge in [-0.15, -0.1) is 0 Å². The van der Waals surface area contributed by atoms with E-state index in [0.717, 1.165) is 29.4 Å². The van der Waals surface area contributed by atoms with Gasteiger partial charge in [-0.3, -0.25) is 0 Å². The number of hydrogen-bond acceptors (Lipinski definition) is 2. The molecule has 0 spiro atoms. The Morgan fingerprint density at radius 3 is 2.76 bits per heavy atom. The summed E-state index contributed by atoms with van der Waals surface area (Å²) in [6.45, 7) is 2.03. The van der Waals surface area contributed by atoms with Crippen molar-refractivity contribution in [1.82, 2.24) is 0 Å². The molecule has 6 heteroatoms. The lowest BCUT2D eigenvalue weighted by molar-refractivity contribution is 0.564. The molecule has 2 rings (SSSR count). The molecule has 1 unspecified atom stereocenters. The molecule has 0 aliphatic heterocycles. The second kappa shape index (κ2) is 6.85. The highest BCUT2D eigenvalue weighted by Gasteiger charge is 2.12. The lowest BCUT2D eigenvalue weighted by Gasteiger charge is -2.10. The average molecular weight is 323 g/mol. The molecule has 0 fully saturated rings. The van der Waals surface area contributed by atoms with E-state index in [1.54, 1.807) is 18.2 Å². The lowest BCUT2D eigenvalue weighted by Crippen LogP contribution is -1.94. The van der Waals surface area contributed by atoms with Gasteiger partial charge in [-0.2, -0.15) is 0 Å². The average Bonchev–Trinajstić information content (AvgIpc) is 2.48. The van der Waals surface area contributed by atoms with Crippen molar-refractivity contribution in [2.24, 2.45) is 10.7 Å². The van der Waals surface area contributed by atoms with E-state index in [9.17, 15) is 8.76 Å². The van der Waals surface area contributed by atoms with Gasteiger partial charge < -0.3 is 10.3 Å². The molecule has 0 saturated carbocycles. The summed E-state index contributed by atoms with van der Waals surface area (Å²) >= 11 is 4.24. The third kappa shape index (κ3) is 3.32. The summed E-state index contributed by atoms with van der Waals surface area (Å²) in [5.41, 5.74) is 8.24. The molecule has 110 valence electrons. The molecule has 0 amide bonds. The minimum absolute atomic E-state index is 0.201. The van der Waals surface area contributed by atoms with Crippen LogP contribution in [0.2, 0.25) is 5.02 Å². The zero-order valence-electron chi connectivity index (χ0n) is 11.4. The van der Waals surface area contributed by atoms with Crippen LogP contribution in [0.3, 0.4) is 0 Å². The first kappa shape index (κ1) is 15.7. The predicted molar refractivity (Wildman–Crippen MR) is 87.6 cm³/mol. The number of rotatable bonds is 4. The number of aliphatic imine (C=N–C) groups is 1. The van der Waals surface area contributed by atoms with E-state index < -0.39 is 11.1 Å². The van der Waals surface area contributed by atoms with E-state index in [2.05, 4.69) is 4.99 Å². The summed E-state index contributed by atoms with van der Waals surface area (Å²) in [7, 11) is 0. The molecule has 1 atom stereocenters. The van der Waals surface area contributed by atoms with Gasteiger partial charge in [-0.1, -0.05) is 42.8 Å². The van der Waals surface area contributed by atoms with E-state index in [1.807, 2.05) is 25.1 Å². The van der Waals surface area contributed by atoms with Gasteiger partial charge in [0.2, 0.25) is 0 Å². The van der Waals surface area contributed by atoms with Crippen LogP contribution >= 0.6 is 11.6 Å². The molecule has 0 aromatic heterocycles. The fraction of sp³-hybridized carbons (Fsp3) is 0.133. The second-order valence-electron chi connectivity index (χ2n) is 4.34. The SMILES string of the molecule is CCc1cccc(-c2ccc(N=CN)c(S(=O)O)c2)c1Cl. The van der Waals surface area contributed by atoms with Crippen LogP contribution in [0.15, 0.2) is 46.3 Å². The Bertz CT molecular complexity index is 717. The standard InChI is InChI=1S/C15H15ClN2O2S/c1-2-10-4-3-5-12(15(10)16)11-6-7-13(18-9-17)14(8-11)21(19)20/h3-9H,2H2,1H3,(H2,17,18)(H,19,20). The van der Waals surface area contributed by atoms with Crippen molar-refractivity contribution >= 4 is 34.7 Å². The molecule has 0 aliphatic rings. The van der Waals surface area contributed by atoms with Gasteiger partial charge in [-0.25, -0.2) is 9.20 Å². The molecule has 0 saturated heterocycles. The Morgan fingerprint density at radius 1 is 1.38 bits per heavy atom. The number of benzene rings is 2. The highest BCUT2D eigenvalue weighted by Crippen LogP contribution is 2.34. The van der Waals surface area contributed by atoms with Crippen LogP contribution < -0.4 is 5.73 Å². The molecule has 3 N–H and O–H groups in total. The summed E-state index contributed by atoms with van der Waals surface area (Å²) in [5, 5.41) is 0.657. The lowest BCUT2D eigenvalue weighted by atomic mass is 10.0. The maximum atomic E-state index is 11.5. The van der Waals surface area contributed by atoms with Crippen LogP contribution in [0.5, 0.6) is 0 Å². The molecular weight excluding hydrogens is 308 g/mol. The van der Waals surface area contributed by atoms with Gasteiger partial charge >= 0.3 is 0 Å². The van der Waals surface area contributed by atoms with Gasteiger partial charge in [0.15, 0.2) is 11.1 Å². The molecule has 2 aromatic rings. The van der Waals surface area contributed by atoms with Crippen molar-refractivity contribution in [2.45, 2.75) is 18.2 Å². The Morgan fingerprint density at radius 2 is 2.14 bits per heavy atom. The van der Waals surface area contributed by atoms with Crippen molar-refractivity contribution in [3.63, 3.8) is 0 Å². The third-order valence-electron chi connectivity index (χ3n) is 3.13. The third-order valence-corrected chi connectivity index (χ3v) is 4.28. The van der Waals surface area contributed by atoms with Crippen molar-refractivity contribution in [3.05, 3.63) is 47.0 Å². The summed E-state index contributed by atoms with van der Waals surface area (Å²) in [6.07, 6.45) is 1.91. The number of nitrogens with two attached hydrogens (primary N) is 1. The van der Waals surface area contributed by atoms with Crippen LogP contribution in [0.4, 0.5) is 5.69 Å². The van der Waals surface area contributed by atoms with Crippen molar-refractivity contribution in [2.75, 3.05) is 0 Å². The molecule has 0 radical (unpaired) electrons. The first-order valence-corrected chi connectivity index (χ1v) is 7.83. The zero-order chi connectivity index (χ0) is 15.4. The highest BCUT2D eigenvalue weighted by molar-refractivity contribution is 7.79. The molecule has 2 aromatic carbocycles. The van der Waals surface area contributed by atoms with Gasteiger partial charge in [0.05, 0.1) is 21.9 Å². The van der Waals surface area contributed by atoms with Crippen LogP contribution in [-0.2, 0) is 17.5 Å². The monoisotopic (exact) mass is 322 g/mol. The molecule has 0 aliphatic carbocycles. The number of aryl methyl sites for hydroxylation is 1. The van der Waals surface area contributed by atoms with Crippen molar-refractivity contribution in [3.8, 4) is 11.1 Å². The van der Waals surface area contributed by atoms with Crippen molar-refractivity contribution < 1.29 is 8.76 Å². The number of halogens is 1. The Labute approximate surface area is 130 Å². The largest absolute Gasteiger partial charge is 0.390 e. The molecule has 0 bridgehead atoms. The normalized spacial score (nSPS) is 12.7. The molecule has 21 heavy (non-hydrogen) atoms. The van der Waals surface area contributed by atoms with Gasteiger partial charge in [0.25, 0.3) is 0 Å². The number of hydrogen-bond donors (Lipinski definition) is 2. The summed E-state index contributed by atoms with van der Waals surface area (Å²) < 4.78 is 20.8. The first-order chi connectivity index (χ1) is 10.1. The maximum absolute atomic E-state index is 11.5. The van der Waals surface area contributed by atoms with E-state index in [-0.39, 0.29) is 4.90 Å². The smallest absolute Gasteiger partial charge is 0.188 e. The van der Waals surface area contributed by atoms with Crippen molar-refractivity contribution in [1.29, 1.82) is 0 Å².